The van der Waals surface area contributed by atoms with Crippen molar-refractivity contribution < 1.29 is 28.5 Å². The van der Waals surface area contributed by atoms with E-state index in [-0.39, 0.29) is 24.0 Å². The van der Waals surface area contributed by atoms with Crippen LogP contribution in [0, 0.1) is 6.92 Å². The van der Waals surface area contributed by atoms with Gasteiger partial charge >= 0.3 is 0 Å². The molecule has 0 aliphatic carbocycles. The third kappa shape index (κ3) is 1.46. The van der Waals surface area contributed by atoms with Gasteiger partial charge in [0.2, 0.25) is 6.33 Å². The molecule has 0 saturated carbocycles. The summed E-state index contributed by atoms with van der Waals surface area (Å²) in [6, 6.07) is 6.28. The van der Waals surface area contributed by atoms with Crippen molar-refractivity contribution in [1.29, 1.82) is 0 Å². The maximum Gasteiger partial charge on any atom is 0.248 e. The van der Waals surface area contributed by atoms with E-state index in [0.717, 1.165) is 0 Å². The van der Waals surface area contributed by atoms with Gasteiger partial charge in [0.1, 0.15) is 11.9 Å². The Morgan fingerprint density at radius 3 is 2.75 bits per heavy atom. The van der Waals surface area contributed by atoms with Gasteiger partial charge in [-0.2, -0.15) is 4.40 Å². The van der Waals surface area contributed by atoms with Crippen LogP contribution in [-0.2, 0) is 7.05 Å². The van der Waals surface area contributed by atoms with E-state index in [0.29, 0.717) is 0 Å². The van der Waals surface area contributed by atoms with E-state index in [9.17, 15) is 0 Å². The molecular formula is C9H11IN2. The van der Waals surface area contributed by atoms with E-state index in [1.165, 1.54) is 11.2 Å². The van der Waals surface area contributed by atoms with Gasteiger partial charge in [0.05, 0.1) is 7.05 Å². The quantitative estimate of drug-likeness (QED) is 0.391. The van der Waals surface area contributed by atoms with Crippen molar-refractivity contribution in [2.24, 2.45) is 7.05 Å². The van der Waals surface area contributed by atoms with Crippen LogP contribution in [0.4, 0.5) is 0 Å². The average molecular weight is 274 g/mol. The van der Waals surface area contributed by atoms with Gasteiger partial charge in [-0.15, -0.1) is 0 Å². The lowest BCUT2D eigenvalue weighted by molar-refractivity contribution is -0.670. The summed E-state index contributed by atoms with van der Waals surface area (Å²) in [5, 5.41) is 0. The normalized spacial score (nSPS) is 9.83. The van der Waals surface area contributed by atoms with Gasteiger partial charge < -0.3 is 24.0 Å². The summed E-state index contributed by atoms with van der Waals surface area (Å²) in [5.74, 6) is 0. The Morgan fingerprint density at radius 2 is 2.08 bits per heavy atom. The number of imidazole rings is 1. The van der Waals surface area contributed by atoms with Crippen LogP contribution in [0.3, 0.4) is 0 Å². The fourth-order valence-corrected chi connectivity index (χ4v) is 1.34. The van der Waals surface area contributed by atoms with Crippen LogP contribution in [0.15, 0.2) is 30.7 Å². The summed E-state index contributed by atoms with van der Waals surface area (Å²) in [4.78, 5) is 0. The van der Waals surface area contributed by atoms with Crippen LogP contribution in [0.25, 0.3) is 5.52 Å². The van der Waals surface area contributed by atoms with Gasteiger partial charge in [0.15, 0.2) is 5.52 Å². The molecule has 0 unspecified atom stereocenters. The summed E-state index contributed by atoms with van der Waals surface area (Å²) < 4.78 is 4.22. The summed E-state index contributed by atoms with van der Waals surface area (Å²) >= 11 is 0. The second kappa shape index (κ2) is 3.43. The van der Waals surface area contributed by atoms with E-state index >= 15 is 0 Å². The maximum absolute atomic E-state index is 2.17. The predicted molar refractivity (Wildman–Crippen MR) is 43.3 cm³/mol. The number of hydrogen-bond donors (Lipinski definition) is 0. The molecule has 0 radical (unpaired) electrons. The molecule has 0 saturated heterocycles. The van der Waals surface area contributed by atoms with E-state index in [1.807, 2.05) is 7.05 Å². The van der Waals surface area contributed by atoms with Crippen molar-refractivity contribution in [2.75, 3.05) is 0 Å². The molecule has 2 aromatic rings. The first kappa shape index (κ1) is 9.51. The first-order valence-corrected chi connectivity index (χ1v) is 3.70. The van der Waals surface area contributed by atoms with Crippen LogP contribution in [0.1, 0.15) is 5.69 Å². The molecule has 0 aliphatic heterocycles. The number of fused-ring (bicyclic) bond motifs is 1. The second-order valence-corrected chi connectivity index (χ2v) is 2.87. The van der Waals surface area contributed by atoms with E-state index in [2.05, 4.69) is 46.6 Å². The number of aryl methyl sites for hydroxylation is 2. The first-order valence-electron chi connectivity index (χ1n) is 3.70. The number of nitrogens with zero attached hydrogens (tertiary/aromatic N) is 2. The SMILES string of the molecule is Cc1cccc2c[n+](C)cn12.[I-]. The Balaban J connectivity index is 0.000000720. The Hall–Kier alpha value is -0.580. The Kier molecular flexibility index (Phi) is 2.72. The van der Waals surface area contributed by atoms with Gasteiger partial charge in [-0.25, -0.2) is 4.57 Å². The molecule has 2 aromatic heterocycles. The van der Waals surface area contributed by atoms with Crippen LogP contribution in [0.2, 0.25) is 0 Å². The van der Waals surface area contributed by atoms with Crippen molar-refractivity contribution in [3.8, 4) is 0 Å². The standard InChI is InChI=1S/C9H11N2.HI/c1-8-4-3-5-9-6-10(2)7-11(8)9;/h3-7H,1-2H3;1H/q+1;/p-1. The monoisotopic (exact) mass is 274 g/mol. The van der Waals surface area contributed by atoms with Crippen molar-refractivity contribution in [1.82, 2.24) is 4.40 Å². The molecule has 0 fully saturated rings. The van der Waals surface area contributed by atoms with Crippen molar-refractivity contribution in [3.63, 3.8) is 0 Å². The lowest BCUT2D eigenvalue weighted by atomic mass is 10.3. The van der Waals surface area contributed by atoms with E-state index in [1.54, 1.807) is 0 Å². The number of halogens is 1. The Morgan fingerprint density at radius 1 is 1.33 bits per heavy atom. The van der Waals surface area contributed by atoms with Gasteiger partial charge in [-0.05, 0) is 19.1 Å². The highest BCUT2D eigenvalue weighted by molar-refractivity contribution is 5.43. The molecule has 0 atom stereocenters. The minimum absolute atomic E-state index is 0. The lowest BCUT2D eigenvalue weighted by Gasteiger charge is -1.88. The van der Waals surface area contributed by atoms with Gasteiger partial charge in [-0.3, -0.25) is 0 Å². The number of aromatic nitrogens is 2. The average Bonchev–Trinajstić information content (AvgIpc) is 2.31. The zero-order chi connectivity index (χ0) is 7.84. The molecule has 0 aromatic carbocycles. The van der Waals surface area contributed by atoms with Crippen LogP contribution >= 0.6 is 0 Å². The smallest absolute Gasteiger partial charge is 0.248 e. The summed E-state index contributed by atoms with van der Waals surface area (Å²) in [7, 11) is 2.03. The highest BCUT2D eigenvalue weighted by Gasteiger charge is 2.03. The Bertz CT molecular complexity index is 392. The molecule has 2 rings (SSSR count). The number of rotatable bonds is 0. The predicted octanol–water partition coefficient (Wildman–Crippen LogP) is -1.92. The highest BCUT2D eigenvalue weighted by Crippen LogP contribution is 2.03. The minimum atomic E-state index is 0. The number of hydrogen-bond acceptors (Lipinski definition) is 0. The van der Waals surface area contributed by atoms with E-state index < -0.39 is 0 Å². The zero-order valence-electron chi connectivity index (χ0n) is 7.16. The first-order chi connectivity index (χ1) is 5.27. The molecule has 2 nitrogen and oxygen atoms in total. The molecule has 0 N–H and O–H groups in total. The molecule has 3 heteroatoms. The molecule has 0 spiro atoms. The van der Waals surface area contributed by atoms with Crippen molar-refractivity contribution >= 4 is 5.52 Å². The summed E-state index contributed by atoms with van der Waals surface area (Å²) in [6.07, 6.45) is 4.18. The van der Waals surface area contributed by atoms with E-state index in [4.69, 9.17) is 0 Å². The van der Waals surface area contributed by atoms with Crippen molar-refractivity contribution in [2.45, 2.75) is 6.92 Å². The fourth-order valence-electron chi connectivity index (χ4n) is 1.34. The molecule has 2 heterocycles. The molecule has 64 valence electrons. The van der Waals surface area contributed by atoms with Crippen LogP contribution in [-0.4, -0.2) is 4.40 Å². The third-order valence-corrected chi connectivity index (χ3v) is 1.90. The molecule has 0 aliphatic rings. The summed E-state index contributed by atoms with van der Waals surface area (Å²) in [5.41, 5.74) is 2.51. The van der Waals surface area contributed by atoms with Crippen molar-refractivity contribution in [3.05, 3.63) is 36.4 Å². The zero-order valence-corrected chi connectivity index (χ0v) is 9.32. The van der Waals surface area contributed by atoms with Crippen LogP contribution < -0.4 is 28.5 Å². The van der Waals surface area contributed by atoms with Gasteiger partial charge in [0, 0.05) is 0 Å². The summed E-state index contributed by atoms with van der Waals surface area (Å²) in [6.45, 7) is 2.10. The van der Waals surface area contributed by atoms with Gasteiger partial charge in [-0.1, -0.05) is 6.07 Å². The molecule has 0 amide bonds. The molecule has 0 bridgehead atoms. The third-order valence-electron chi connectivity index (χ3n) is 1.90. The highest BCUT2D eigenvalue weighted by atomic mass is 127. The number of pyridine rings is 1. The minimum Gasteiger partial charge on any atom is -1.00 e. The van der Waals surface area contributed by atoms with Crippen LogP contribution in [0.5, 0.6) is 0 Å². The molecule has 12 heavy (non-hydrogen) atoms. The topological polar surface area (TPSA) is 8.29 Å². The fraction of sp³-hybridized carbons (Fsp3) is 0.222. The Labute approximate surface area is 88.9 Å². The van der Waals surface area contributed by atoms with Gasteiger partial charge in [0.25, 0.3) is 0 Å². The second-order valence-electron chi connectivity index (χ2n) is 2.87. The largest absolute Gasteiger partial charge is 1.00 e. The lowest BCUT2D eigenvalue weighted by Crippen LogP contribution is -3.00. The maximum atomic E-state index is 2.17. The molecular weight excluding hydrogens is 263 g/mol.